The third kappa shape index (κ3) is 4.77. The summed E-state index contributed by atoms with van der Waals surface area (Å²) in [6.07, 6.45) is 5.07. The van der Waals surface area contributed by atoms with E-state index in [4.69, 9.17) is 4.74 Å². The predicted molar refractivity (Wildman–Crippen MR) is 102 cm³/mol. The van der Waals surface area contributed by atoms with Crippen molar-refractivity contribution in [1.82, 2.24) is 10.3 Å². The molecule has 1 aromatic heterocycles. The van der Waals surface area contributed by atoms with Crippen LogP contribution < -0.4 is 14.8 Å². The molecule has 2 N–H and O–H groups in total. The topological polar surface area (TPSA) is 97.4 Å². The molecule has 27 heavy (non-hydrogen) atoms. The summed E-state index contributed by atoms with van der Waals surface area (Å²) in [7, 11) is -3.97. The van der Waals surface area contributed by atoms with Crippen LogP contribution in [0.2, 0.25) is 0 Å². The Morgan fingerprint density at radius 3 is 2.74 bits per heavy atom. The lowest BCUT2D eigenvalue weighted by Gasteiger charge is -2.16. The van der Waals surface area contributed by atoms with Gasteiger partial charge in [-0.2, -0.15) is 0 Å². The number of sulfonamides is 1. The molecule has 0 bridgehead atoms. The van der Waals surface area contributed by atoms with Crippen LogP contribution in [0.1, 0.15) is 37.0 Å². The van der Waals surface area contributed by atoms with Gasteiger partial charge in [-0.3, -0.25) is 14.5 Å². The molecule has 1 aromatic carbocycles. The van der Waals surface area contributed by atoms with Gasteiger partial charge in [0.05, 0.1) is 30.3 Å². The molecular formula is C19H23N3O4S. The van der Waals surface area contributed by atoms with Crippen LogP contribution in [0, 0.1) is 5.92 Å². The van der Waals surface area contributed by atoms with Gasteiger partial charge in [-0.1, -0.05) is 12.1 Å². The summed E-state index contributed by atoms with van der Waals surface area (Å²) < 4.78 is 33.5. The number of nitrogens with zero attached hydrogens (tertiary/aromatic N) is 1. The van der Waals surface area contributed by atoms with Crippen LogP contribution in [-0.2, 0) is 10.0 Å². The number of carbonyl (C=O) groups excluding carboxylic acids is 1. The number of nitrogens with one attached hydrogen (secondary N) is 2. The Bertz CT molecular complexity index is 926. The Labute approximate surface area is 159 Å². The summed E-state index contributed by atoms with van der Waals surface area (Å²) in [5.74, 6) is 0.543. The van der Waals surface area contributed by atoms with Crippen LogP contribution in [0.25, 0.3) is 0 Å². The summed E-state index contributed by atoms with van der Waals surface area (Å²) in [5.41, 5.74) is 0.383. The number of amides is 1. The highest BCUT2D eigenvalue weighted by atomic mass is 32.2. The monoisotopic (exact) mass is 389 g/mol. The molecule has 7 nitrogen and oxygen atoms in total. The Morgan fingerprint density at radius 1 is 1.30 bits per heavy atom. The summed E-state index contributed by atoms with van der Waals surface area (Å²) >= 11 is 0. The molecule has 144 valence electrons. The van der Waals surface area contributed by atoms with Crippen molar-refractivity contribution < 1.29 is 17.9 Å². The Balaban J connectivity index is 1.84. The zero-order valence-corrected chi connectivity index (χ0v) is 16.1. The van der Waals surface area contributed by atoms with Crippen LogP contribution in [0.15, 0.2) is 47.6 Å². The standard InChI is InChI=1S/C19H23N3O4S/c1-3-26-16-10-15(11-20-12-16)22-27(24,25)18-7-5-4-6-17(18)19(23)21-13(2)14-8-9-14/h4-7,10-14,22H,3,8-9H2,1-2H3,(H,21,23). The summed E-state index contributed by atoms with van der Waals surface area (Å²) in [5, 5.41) is 2.90. The van der Waals surface area contributed by atoms with E-state index in [1.54, 1.807) is 18.2 Å². The zero-order valence-electron chi connectivity index (χ0n) is 15.3. The molecule has 1 aliphatic carbocycles. The van der Waals surface area contributed by atoms with Gasteiger partial charge in [0.1, 0.15) is 10.6 Å². The first-order chi connectivity index (χ1) is 12.9. The Kier molecular flexibility index (Phi) is 5.65. The number of hydrogen-bond donors (Lipinski definition) is 2. The highest BCUT2D eigenvalue weighted by Gasteiger charge is 2.30. The minimum atomic E-state index is -3.97. The summed E-state index contributed by atoms with van der Waals surface area (Å²) in [6, 6.07) is 7.73. The molecule has 0 spiro atoms. The van der Waals surface area contributed by atoms with Crippen LogP contribution in [0.4, 0.5) is 5.69 Å². The van der Waals surface area contributed by atoms with E-state index in [1.807, 2.05) is 13.8 Å². The van der Waals surface area contributed by atoms with Gasteiger partial charge in [-0.25, -0.2) is 8.42 Å². The maximum Gasteiger partial charge on any atom is 0.262 e. The quantitative estimate of drug-likeness (QED) is 0.723. The fourth-order valence-corrected chi connectivity index (χ4v) is 4.06. The molecule has 1 heterocycles. The highest BCUT2D eigenvalue weighted by molar-refractivity contribution is 7.92. The lowest BCUT2D eigenvalue weighted by molar-refractivity contribution is 0.0932. The molecule has 8 heteroatoms. The second-order valence-corrected chi connectivity index (χ2v) is 8.19. The van der Waals surface area contributed by atoms with Gasteiger partial charge in [0, 0.05) is 12.1 Å². The molecule has 2 aromatic rings. The van der Waals surface area contributed by atoms with E-state index < -0.39 is 15.9 Å². The van der Waals surface area contributed by atoms with Gasteiger partial charge in [0.25, 0.3) is 15.9 Å². The first-order valence-corrected chi connectivity index (χ1v) is 10.4. The molecule has 0 aliphatic heterocycles. The predicted octanol–water partition coefficient (Wildman–Crippen LogP) is 2.81. The molecule has 1 unspecified atom stereocenters. The molecule has 1 saturated carbocycles. The maximum atomic E-state index is 12.9. The fraction of sp³-hybridized carbons (Fsp3) is 0.368. The van der Waals surface area contributed by atoms with Crippen LogP contribution in [-0.4, -0.2) is 32.0 Å². The van der Waals surface area contributed by atoms with Gasteiger partial charge in [-0.05, 0) is 44.7 Å². The number of hydrogen-bond acceptors (Lipinski definition) is 5. The molecule has 1 atom stereocenters. The highest BCUT2D eigenvalue weighted by Crippen LogP contribution is 2.32. The summed E-state index contributed by atoms with van der Waals surface area (Å²) in [4.78, 5) is 16.5. The minimum absolute atomic E-state index is 0.0216. The maximum absolute atomic E-state index is 12.9. The second-order valence-electron chi connectivity index (χ2n) is 6.54. The van der Waals surface area contributed by atoms with Gasteiger partial charge in [0.15, 0.2) is 0 Å². The first kappa shape index (κ1) is 19.2. The molecule has 0 saturated heterocycles. The molecule has 3 rings (SSSR count). The average molecular weight is 389 g/mol. The molecular weight excluding hydrogens is 366 g/mol. The van der Waals surface area contributed by atoms with E-state index in [1.165, 1.54) is 24.5 Å². The van der Waals surface area contributed by atoms with Gasteiger partial charge < -0.3 is 10.1 Å². The van der Waals surface area contributed by atoms with E-state index in [2.05, 4.69) is 15.0 Å². The van der Waals surface area contributed by atoms with E-state index in [0.717, 1.165) is 12.8 Å². The van der Waals surface area contributed by atoms with Crippen LogP contribution in [0.3, 0.4) is 0 Å². The summed E-state index contributed by atoms with van der Waals surface area (Å²) in [6.45, 7) is 4.21. The Hall–Kier alpha value is -2.61. The number of rotatable bonds is 8. The van der Waals surface area contributed by atoms with E-state index in [0.29, 0.717) is 18.3 Å². The van der Waals surface area contributed by atoms with Gasteiger partial charge in [-0.15, -0.1) is 0 Å². The lowest BCUT2D eigenvalue weighted by atomic mass is 10.1. The van der Waals surface area contributed by atoms with E-state index in [-0.39, 0.29) is 22.2 Å². The van der Waals surface area contributed by atoms with Crippen molar-refractivity contribution in [2.75, 3.05) is 11.3 Å². The van der Waals surface area contributed by atoms with Crippen molar-refractivity contribution in [2.24, 2.45) is 5.92 Å². The zero-order chi connectivity index (χ0) is 19.4. The molecule has 0 radical (unpaired) electrons. The number of benzene rings is 1. The van der Waals surface area contributed by atoms with Crippen LogP contribution in [0.5, 0.6) is 5.75 Å². The van der Waals surface area contributed by atoms with Gasteiger partial charge >= 0.3 is 0 Å². The van der Waals surface area contributed by atoms with Crippen molar-refractivity contribution in [3.05, 3.63) is 48.3 Å². The first-order valence-electron chi connectivity index (χ1n) is 8.91. The SMILES string of the molecule is CCOc1cncc(NS(=O)(=O)c2ccccc2C(=O)NC(C)C2CC2)c1. The average Bonchev–Trinajstić information content (AvgIpc) is 3.47. The number of carbonyl (C=O) groups is 1. The number of anilines is 1. The third-order valence-electron chi connectivity index (χ3n) is 4.39. The third-order valence-corrected chi connectivity index (χ3v) is 5.82. The Morgan fingerprint density at radius 2 is 2.04 bits per heavy atom. The van der Waals surface area contributed by atoms with Crippen molar-refractivity contribution >= 4 is 21.6 Å². The number of pyridine rings is 1. The van der Waals surface area contributed by atoms with Crippen LogP contribution >= 0.6 is 0 Å². The smallest absolute Gasteiger partial charge is 0.262 e. The molecule has 1 aliphatic rings. The van der Waals surface area contributed by atoms with Crippen molar-refractivity contribution in [2.45, 2.75) is 37.6 Å². The number of ether oxygens (including phenoxy) is 1. The van der Waals surface area contributed by atoms with Gasteiger partial charge in [0.2, 0.25) is 0 Å². The number of aromatic nitrogens is 1. The molecule has 1 amide bonds. The van der Waals surface area contributed by atoms with E-state index in [9.17, 15) is 13.2 Å². The largest absolute Gasteiger partial charge is 0.492 e. The van der Waals surface area contributed by atoms with Crippen molar-refractivity contribution in [3.8, 4) is 5.75 Å². The normalized spacial score (nSPS) is 15.0. The minimum Gasteiger partial charge on any atom is -0.492 e. The fourth-order valence-electron chi connectivity index (χ4n) is 2.82. The lowest BCUT2D eigenvalue weighted by Crippen LogP contribution is -2.35. The molecule has 1 fully saturated rings. The van der Waals surface area contributed by atoms with Crippen molar-refractivity contribution in [1.29, 1.82) is 0 Å². The van der Waals surface area contributed by atoms with E-state index >= 15 is 0 Å². The second kappa shape index (κ2) is 7.96. The van der Waals surface area contributed by atoms with Crippen molar-refractivity contribution in [3.63, 3.8) is 0 Å².